The lowest BCUT2D eigenvalue weighted by Gasteiger charge is -2.38. The van der Waals surface area contributed by atoms with Crippen LogP contribution in [0.5, 0.6) is 0 Å². The van der Waals surface area contributed by atoms with Crippen LogP contribution in [0.1, 0.15) is 61.8 Å². The van der Waals surface area contributed by atoms with Crippen LogP contribution in [-0.2, 0) is 23.9 Å². The first kappa shape index (κ1) is 28.3. The van der Waals surface area contributed by atoms with Gasteiger partial charge in [0.2, 0.25) is 17.6 Å². The summed E-state index contributed by atoms with van der Waals surface area (Å²) < 4.78 is 5.35. The molecule has 1 heterocycles. The molecule has 0 spiro atoms. The number of fused-ring (bicyclic) bond motifs is 1. The third-order valence-corrected chi connectivity index (χ3v) is 6.81. The Labute approximate surface area is 207 Å². The molecule has 4 N–H and O–H groups in total. The molecule has 5 atom stereocenters. The van der Waals surface area contributed by atoms with Crippen molar-refractivity contribution < 1.29 is 28.7 Å². The average molecular weight is 493 g/mol. The smallest absolute Gasteiger partial charge is 0.408 e. The third kappa shape index (κ3) is 6.21. The fraction of sp³-hybridized carbons (Fsp3) is 0.720. The first-order chi connectivity index (χ1) is 15.8. The van der Waals surface area contributed by atoms with Gasteiger partial charge in [-0.05, 0) is 49.9 Å². The van der Waals surface area contributed by atoms with Crippen molar-refractivity contribution in [1.82, 2.24) is 15.5 Å². The Morgan fingerprint density at radius 1 is 1.11 bits per heavy atom. The van der Waals surface area contributed by atoms with Crippen LogP contribution in [0.2, 0.25) is 0 Å². The number of primary amides is 1. The summed E-state index contributed by atoms with van der Waals surface area (Å²) in [5.41, 5.74) is 3.55. The van der Waals surface area contributed by atoms with Crippen LogP contribution >= 0.6 is 0 Å². The predicted molar refractivity (Wildman–Crippen MR) is 130 cm³/mol. The molecule has 35 heavy (non-hydrogen) atoms. The normalized spacial score (nSPS) is 24.5. The Morgan fingerprint density at radius 2 is 1.69 bits per heavy atom. The van der Waals surface area contributed by atoms with Crippen LogP contribution in [0, 0.1) is 22.7 Å². The van der Waals surface area contributed by atoms with Gasteiger partial charge in [0.15, 0.2) is 0 Å². The van der Waals surface area contributed by atoms with Gasteiger partial charge in [-0.15, -0.1) is 6.58 Å². The van der Waals surface area contributed by atoms with Crippen molar-refractivity contribution in [2.45, 2.75) is 85.5 Å². The minimum absolute atomic E-state index is 0.0243. The lowest BCUT2D eigenvalue weighted by Crippen LogP contribution is -2.60. The Morgan fingerprint density at radius 3 is 2.14 bits per heavy atom. The summed E-state index contributed by atoms with van der Waals surface area (Å²) in [5.74, 6) is -3.07. The van der Waals surface area contributed by atoms with Crippen LogP contribution in [-0.4, -0.2) is 64.8 Å². The highest BCUT2D eigenvalue weighted by molar-refractivity contribution is 6.37. The number of carbonyl (C=O) groups is 5. The first-order valence-corrected chi connectivity index (χ1v) is 11.9. The Balaban J connectivity index is 2.32. The van der Waals surface area contributed by atoms with Crippen molar-refractivity contribution >= 4 is 29.6 Å². The van der Waals surface area contributed by atoms with Crippen LogP contribution < -0.4 is 16.4 Å². The molecule has 1 saturated heterocycles. The van der Waals surface area contributed by atoms with Crippen molar-refractivity contribution in [3.05, 3.63) is 12.7 Å². The van der Waals surface area contributed by atoms with Crippen LogP contribution in [0.25, 0.3) is 0 Å². The quantitative estimate of drug-likeness (QED) is 0.346. The highest BCUT2D eigenvalue weighted by Gasteiger charge is 2.69. The number of nitrogens with one attached hydrogen (secondary N) is 2. The third-order valence-electron chi connectivity index (χ3n) is 6.81. The van der Waals surface area contributed by atoms with Crippen LogP contribution in [0.3, 0.4) is 0 Å². The lowest BCUT2D eigenvalue weighted by atomic mass is 9.85. The SMILES string of the molecule is C=CCC(NC(=O)[C@@H]1C2C(CN1C(=O)C(NC(=O)OC(C)(C)C)C(C)(C)C)C2(C)C)C(=O)C(N)=O. The number of amides is 4. The van der Waals surface area contributed by atoms with Crippen LogP contribution in [0.4, 0.5) is 4.79 Å². The number of piperidine rings is 1. The van der Waals surface area contributed by atoms with E-state index < -0.39 is 58.7 Å². The van der Waals surface area contributed by atoms with Gasteiger partial charge in [0, 0.05) is 6.54 Å². The zero-order chi connectivity index (χ0) is 27.1. The lowest BCUT2D eigenvalue weighted by molar-refractivity contribution is -0.145. The molecule has 2 aliphatic rings. The standard InChI is InChI=1S/C25H40N4O6/c1-10-11-14(17(30)19(26)31)27-20(32)16-15-13(25(15,8)9)12-29(16)21(33)18(23(2,3)4)28-22(34)35-24(5,6)7/h10,13-16,18H,1,11-12H2,2-9H3,(H2,26,31)(H,27,32)(H,28,34)/t13?,14?,15?,16-,18?/m0/s1. The van der Waals surface area contributed by atoms with Crippen LogP contribution in [0.15, 0.2) is 12.7 Å². The number of likely N-dealkylation sites (tertiary alicyclic amines) is 1. The second kappa shape index (κ2) is 9.62. The summed E-state index contributed by atoms with van der Waals surface area (Å²) in [6.07, 6.45) is 0.707. The maximum absolute atomic E-state index is 13.8. The summed E-state index contributed by atoms with van der Waals surface area (Å²) in [6.45, 7) is 18.6. The number of carbonyl (C=O) groups excluding carboxylic acids is 5. The Hall–Kier alpha value is -2.91. The summed E-state index contributed by atoms with van der Waals surface area (Å²) >= 11 is 0. The molecule has 4 amide bonds. The summed E-state index contributed by atoms with van der Waals surface area (Å²) in [6, 6.07) is -2.97. The maximum Gasteiger partial charge on any atom is 0.408 e. The number of ketones is 1. The van der Waals surface area contributed by atoms with Crippen molar-refractivity contribution in [2.24, 2.45) is 28.4 Å². The van der Waals surface area contributed by atoms with E-state index in [1.54, 1.807) is 20.8 Å². The van der Waals surface area contributed by atoms with Crippen molar-refractivity contribution in [3.8, 4) is 0 Å². The van der Waals surface area contributed by atoms with Gasteiger partial charge < -0.3 is 26.0 Å². The second-order valence-electron chi connectivity index (χ2n) is 12.1. The van der Waals surface area contributed by atoms with E-state index >= 15 is 0 Å². The largest absolute Gasteiger partial charge is 0.444 e. The minimum atomic E-state index is -1.16. The predicted octanol–water partition coefficient (Wildman–Crippen LogP) is 1.52. The van der Waals surface area contributed by atoms with E-state index in [-0.39, 0.29) is 23.7 Å². The van der Waals surface area contributed by atoms with Gasteiger partial charge in [-0.2, -0.15) is 0 Å². The van der Waals surface area contributed by atoms with Gasteiger partial charge in [0.05, 0.1) is 0 Å². The monoisotopic (exact) mass is 492 g/mol. The molecular weight excluding hydrogens is 452 g/mol. The zero-order valence-corrected chi connectivity index (χ0v) is 22.1. The second-order valence-corrected chi connectivity index (χ2v) is 12.1. The van der Waals surface area contributed by atoms with E-state index in [9.17, 15) is 24.0 Å². The summed E-state index contributed by atoms with van der Waals surface area (Å²) in [7, 11) is 0. The zero-order valence-electron chi connectivity index (χ0n) is 22.1. The van der Waals surface area contributed by atoms with Gasteiger partial charge in [-0.25, -0.2) is 4.79 Å². The summed E-state index contributed by atoms with van der Waals surface area (Å²) in [5, 5.41) is 5.29. The number of nitrogens with zero attached hydrogens (tertiary/aromatic N) is 1. The molecule has 2 rings (SSSR count). The first-order valence-electron chi connectivity index (χ1n) is 11.9. The van der Waals surface area contributed by atoms with E-state index in [1.807, 2.05) is 34.6 Å². The van der Waals surface area contributed by atoms with E-state index in [4.69, 9.17) is 10.5 Å². The summed E-state index contributed by atoms with van der Waals surface area (Å²) in [4.78, 5) is 64.8. The highest BCUT2D eigenvalue weighted by Crippen LogP contribution is 2.65. The van der Waals surface area contributed by atoms with Gasteiger partial charge in [-0.3, -0.25) is 19.2 Å². The maximum atomic E-state index is 13.8. The van der Waals surface area contributed by atoms with E-state index in [0.29, 0.717) is 6.54 Å². The van der Waals surface area contributed by atoms with Gasteiger partial charge in [0.1, 0.15) is 23.7 Å². The molecule has 196 valence electrons. The minimum Gasteiger partial charge on any atom is -0.444 e. The molecular formula is C25H40N4O6. The van der Waals surface area contributed by atoms with E-state index in [1.165, 1.54) is 11.0 Å². The van der Waals surface area contributed by atoms with E-state index in [2.05, 4.69) is 17.2 Å². The van der Waals surface area contributed by atoms with Crippen molar-refractivity contribution in [3.63, 3.8) is 0 Å². The number of hydrogen-bond donors (Lipinski definition) is 3. The molecule has 1 aliphatic carbocycles. The number of hydrogen-bond acceptors (Lipinski definition) is 6. The number of alkyl carbamates (subject to hydrolysis) is 1. The van der Waals surface area contributed by atoms with E-state index in [0.717, 1.165) is 0 Å². The molecule has 0 radical (unpaired) electrons. The molecule has 0 aromatic rings. The molecule has 4 unspecified atom stereocenters. The Bertz CT molecular complexity index is 914. The average Bonchev–Trinajstić information content (AvgIpc) is 3.03. The van der Waals surface area contributed by atoms with Gasteiger partial charge >= 0.3 is 6.09 Å². The molecule has 0 aromatic carbocycles. The molecule has 10 nitrogen and oxygen atoms in total. The topological polar surface area (TPSA) is 148 Å². The number of Topliss-reactive ketones (excluding diaryl/α,β-unsaturated/α-hetero) is 1. The molecule has 2 fully saturated rings. The van der Waals surface area contributed by atoms with Gasteiger partial charge in [-0.1, -0.05) is 40.7 Å². The van der Waals surface area contributed by atoms with Crippen molar-refractivity contribution in [1.29, 1.82) is 0 Å². The molecule has 10 heteroatoms. The molecule has 1 aliphatic heterocycles. The fourth-order valence-electron chi connectivity index (χ4n) is 4.88. The van der Waals surface area contributed by atoms with Gasteiger partial charge in [0.25, 0.3) is 5.91 Å². The number of rotatable bonds is 8. The molecule has 0 aromatic heterocycles. The Kier molecular flexibility index (Phi) is 7.79. The number of ether oxygens (including phenoxy) is 1. The molecule has 0 bridgehead atoms. The van der Waals surface area contributed by atoms with Crippen molar-refractivity contribution in [2.75, 3.05) is 6.54 Å². The number of nitrogens with two attached hydrogens (primary N) is 1. The highest BCUT2D eigenvalue weighted by atomic mass is 16.6. The molecule has 1 saturated carbocycles. The fourth-order valence-corrected chi connectivity index (χ4v) is 4.88.